The van der Waals surface area contributed by atoms with Crippen molar-refractivity contribution in [3.63, 3.8) is 0 Å². The Labute approximate surface area is 154 Å². The number of hydrogen-bond acceptors (Lipinski definition) is 4. The van der Waals surface area contributed by atoms with Crippen molar-refractivity contribution in [2.75, 3.05) is 20.3 Å². The fraction of sp³-hybridized carbons (Fsp3) is 0.550. The highest BCUT2D eigenvalue weighted by atomic mass is 19.1. The van der Waals surface area contributed by atoms with Crippen LogP contribution < -0.4 is 5.32 Å². The molecular formula is C20H28FN3O2. The third-order valence-corrected chi connectivity index (χ3v) is 4.98. The van der Waals surface area contributed by atoms with Gasteiger partial charge in [0.2, 0.25) is 0 Å². The van der Waals surface area contributed by atoms with Gasteiger partial charge in [0.05, 0.1) is 18.2 Å². The molecule has 2 aromatic rings. The molecule has 26 heavy (non-hydrogen) atoms. The lowest BCUT2D eigenvalue weighted by Crippen LogP contribution is -2.44. The highest BCUT2D eigenvalue weighted by Gasteiger charge is 2.27. The van der Waals surface area contributed by atoms with Crippen LogP contribution in [0.25, 0.3) is 0 Å². The van der Waals surface area contributed by atoms with Gasteiger partial charge in [0.15, 0.2) is 0 Å². The molecule has 6 heteroatoms. The predicted octanol–water partition coefficient (Wildman–Crippen LogP) is 3.02. The Morgan fingerprint density at radius 3 is 3.08 bits per heavy atom. The van der Waals surface area contributed by atoms with Gasteiger partial charge in [-0.25, -0.2) is 9.37 Å². The normalized spacial score (nSPS) is 21.7. The van der Waals surface area contributed by atoms with Crippen LogP contribution in [0.15, 0.2) is 36.8 Å². The fourth-order valence-corrected chi connectivity index (χ4v) is 3.62. The van der Waals surface area contributed by atoms with Gasteiger partial charge in [-0.1, -0.05) is 12.1 Å². The van der Waals surface area contributed by atoms with Crippen LogP contribution in [0.5, 0.6) is 0 Å². The van der Waals surface area contributed by atoms with E-state index in [2.05, 4.69) is 10.3 Å². The second-order valence-electron chi connectivity index (χ2n) is 6.99. The first-order chi connectivity index (χ1) is 12.7. The molecule has 0 unspecified atom stereocenters. The molecule has 0 aliphatic carbocycles. The maximum atomic E-state index is 13.5. The van der Waals surface area contributed by atoms with Gasteiger partial charge >= 0.3 is 0 Å². The first-order valence-electron chi connectivity index (χ1n) is 9.23. The van der Waals surface area contributed by atoms with Crippen LogP contribution in [0.3, 0.4) is 0 Å². The minimum atomic E-state index is -0.185. The van der Waals surface area contributed by atoms with E-state index in [-0.39, 0.29) is 18.0 Å². The smallest absolute Gasteiger partial charge is 0.123 e. The van der Waals surface area contributed by atoms with Crippen molar-refractivity contribution in [1.82, 2.24) is 14.9 Å². The van der Waals surface area contributed by atoms with Gasteiger partial charge in [0.1, 0.15) is 11.9 Å². The lowest BCUT2D eigenvalue weighted by Gasteiger charge is -2.33. The van der Waals surface area contributed by atoms with E-state index in [4.69, 9.17) is 9.47 Å². The van der Waals surface area contributed by atoms with E-state index >= 15 is 0 Å². The lowest BCUT2D eigenvalue weighted by molar-refractivity contribution is -0.00625. The summed E-state index contributed by atoms with van der Waals surface area (Å²) >= 11 is 0. The molecule has 0 saturated carbocycles. The monoisotopic (exact) mass is 361 g/mol. The Bertz CT molecular complexity index is 691. The van der Waals surface area contributed by atoms with Gasteiger partial charge in [0.25, 0.3) is 0 Å². The zero-order chi connectivity index (χ0) is 18.4. The number of ether oxygens (including phenoxy) is 2. The largest absolute Gasteiger partial charge is 0.385 e. The number of benzene rings is 1. The summed E-state index contributed by atoms with van der Waals surface area (Å²) in [7, 11) is 3.71. The number of rotatable bonds is 8. The topological polar surface area (TPSA) is 48.3 Å². The average molecular weight is 361 g/mol. The summed E-state index contributed by atoms with van der Waals surface area (Å²) < 4.78 is 26.7. The van der Waals surface area contributed by atoms with Gasteiger partial charge < -0.3 is 19.4 Å². The second kappa shape index (κ2) is 9.26. The van der Waals surface area contributed by atoms with Crippen molar-refractivity contribution < 1.29 is 13.9 Å². The first-order valence-corrected chi connectivity index (χ1v) is 9.23. The van der Waals surface area contributed by atoms with Crippen molar-refractivity contribution in [2.24, 2.45) is 7.05 Å². The molecule has 0 bridgehead atoms. The van der Waals surface area contributed by atoms with Gasteiger partial charge in [-0.05, 0) is 43.4 Å². The van der Waals surface area contributed by atoms with Crippen LogP contribution in [0, 0.1) is 5.82 Å². The van der Waals surface area contributed by atoms with E-state index in [0.717, 1.165) is 43.5 Å². The maximum absolute atomic E-state index is 13.5. The van der Waals surface area contributed by atoms with Gasteiger partial charge in [-0.2, -0.15) is 0 Å². The number of imidazole rings is 1. The Morgan fingerprint density at radius 2 is 2.35 bits per heavy atom. The summed E-state index contributed by atoms with van der Waals surface area (Å²) in [6.45, 7) is 1.41. The molecule has 0 radical (unpaired) electrons. The summed E-state index contributed by atoms with van der Waals surface area (Å²) in [5, 5.41) is 3.76. The zero-order valence-electron chi connectivity index (χ0n) is 15.5. The molecule has 1 aromatic carbocycles. The highest BCUT2D eigenvalue weighted by Crippen LogP contribution is 2.28. The van der Waals surface area contributed by atoms with Crippen LogP contribution in [0.1, 0.15) is 36.6 Å². The molecule has 1 saturated heterocycles. The molecule has 1 aliphatic heterocycles. The SMILES string of the molecule is COCC[C@H](Cc1cccc(F)c1)N[C@@H]1CCO[C@@H](c2cncn2C)C1. The van der Waals surface area contributed by atoms with Crippen LogP contribution in [0.4, 0.5) is 4.39 Å². The van der Waals surface area contributed by atoms with E-state index in [9.17, 15) is 4.39 Å². The second-order valence-corrected chi connectivity index (χ2v) is 6.99. The molecule has 1 N–H and O–H groups in total. The molecular weight excluding hydrogens is 333 g/mol. The Morgan fingerprint density at radius 1 is 1.46 bits per heavy atom. The molecule has 5 nitrogen and oxygen atoms in total. The molecule has 3 rings (SSSR count). The number of methoxy groups -OCH3 is 1. The van der Waals surface area contributed by atoms with Gasteiger partial charge in [-0.15, -0.1) is 0 Å². The fourth-order valence-electron chi connectivity index (χ4n) is 3.62. The summed E-state index contributed by atoms with van der Waals surface area (Å²) in [5.74, 6) is -0.185. The molecule has 3 atom stereocenters. The predicted molar refractivity (Wildman–Crippen MR) is 98.4 cm³/mol. The molecule has 1 fully saturated rings. The number of aromatic nitrogens is 2. The van der Waals surface area contributed by atoms with Gasteiger partial charge in [-0.3, -0.25) is 0 Å². The van der Waals surface area contributed by atoms with Crippen molar-refractivity contribution >= 4 is 0 Å². The molecule has 1 aliphatic rings. The minimum absolute atomic E-state index is 0.0611. The Kier molecular flexibility index (Phi) is 6.77. The van der Waals surface area contributed by atoms with Crippen LogP contribution in [0.2, 0.25) is 0 Å². The van der Waals surface area contributed by atoms with E-state index < -0.39 is 0 Å². The first kappa shape index (κ1) is 19.0. The van der Waals surface area contributed by atoms with E-state index in [0.29, 0.717) is 12.6 Å². The van der Waals surface area contributed by atoms with Crippen LogP contribution >= 0.6 is 0 Å². The quantitative estimate of drug-likeness (QED) is 0.785. The lowest BCUT2D eigenvalue weighted by atomic mass is 9.97. The highest BCUT2D eigenvalue weighted by molar-refractivity contribution is 5.17. The molecule has 0 spiro atoms. The van der Waals surface area contributed by atoms with Crippen LogP contribution in [-0.2, 0) is 22.9 Å². The van der Waals surface area contributed by atoms with E-state index in [1.165, 1.54) is 6.07 Å². The van der Waals surface area contributed by atoms with Gasteiger partial charge in [0, 0.05) is 39.5 Å². The molecule has 0 amide bonds. The van der Waals surface area contributed by atoms with E-state index in [1.807, 2.05) is 23.9 Å². The Hall–Kier alpha value is -1.76. The average Bonchev–Trinajstić information content (AvgIpc) is 3.06. The third kappa shape index (κ3) is 5.13. The third-order valence-electron chi connectivity index (χ3n) is 4.98. The number of hydrogen-bond donors (Lipinski definition) is 1. The molecule has 2 heterocycles. The van der Waals surface area contributed by atoms with Crippen molar-refractivity contribution in [3.05, 3.63) is 53.9 Å². The number of nitrogens with one attached hydrogen (secondary N) is 1. The number of halogens is 1. The Balaban J connectivity index is 1.63. The number of aryl methyl sites for hydroxylation is 1. The summed E-state index contributed by atoms with van der Waals surface area (Å²) in [6, 6.07) is 7.45. The molecule has 1 aromatic heterocycles. The zero-order valence-corrected chi connectivity index (χ0v) is 15.5. The minimum Gasteiger partial charge on any atom is -0.385 e. The number of nitrogens with zero attached hydrogens (tertiary/aromatic N) is 2. The van der Waals surface area contributed by atoms with Crippen molar-refractivity contribution in [2.45, 2.75) is 43.9 Å². The summed E-state index contributed by atoms with van der Waals surface area (Å²) in [6.07, 6.45) is 7.30. The maximum Gasteiger partial charge on any atom is 0.123 e. The van der Waals surface area contributed by atoms with E-state index in [1.54, 1.807) is 25.6 Å². The van der Waals surface area contributed by atoms with Crippen molar-refractivity contribution in [1.29, 1.82) is 0 Å². The summed E-state index contributed by atoms with van der Waals surface area (Å²) in [5.41, 5.74) is 2.11. The molecule has 142 valence electrons. The summed E-state index contributed by atoms with van der Waals surface area (Å²) in [4.78, 5) is 4.20. The standard InChI is InChI=1S/C20H28FN3O2/c1-24-14-22-13-19(24)20-12-18(7-9-26-20)23-17(6-8-25-2)11-15-4-3-5-16(21)10-15/h3-5,10,13-14,17-18,20,23H,6-9,11-12H2,1-2H3/t17-,18-,20-/m1/s1. The van der Waals surface area contributed by atoms with Crippen LogP contribution in [-0.4, -0.2) is 42.0 Å². The van der Waals surface area contributed by atoms with Crippen molar-refractivity contribution in [3.8, 4) is 0 Å².